The Bertz CT molecular complexity index is 983. The molecule has 2 aliphatic rings. The Morgan fingerprint density at radius 3 is 2.67 bits per heavy atom. The van der Waals surface area contributed by atoms with Gasteiger partial charge in [0, 0.05) is 25.3 Å². The van der Waals surface area contributed by atoms with E-state index in [2.05, 4.69) is 0 Å². The van der Waals surface area contributed by atoms with Gasteiger partial charge in [0.1, 0.15) is 17.9 Å². The lowest BCUT2D eigenvalue weighted by atomic mass is 10.1. The SMILES string of the molecule is C[C@H]1CN(c2c(F)cc3c(=O)c(C(=O)O)cn4c3c2OC[C@@H]4C)C[C@H]1N.Cl. The molecule has 0 radical (unpaired) electrons. The summed E-state index contributed by atoms with van der Waals surface area (Å²) in [5, 5.41) is 9.33. The van der Waals surface area contributed by atoms with Crippen molar-refractivity contribution in [2.45, 2.75) is 25.9 Å². The largest absolute Gasteiger partial charge is 0.487 e. The topological polar surface area (TPSA) is 97.8 Å². The third-order valence-corrected chi connectivity index (χ3v) is 5.36. The molecule has 146 valence electrons. The molecule has 4 rings (SSSR count). The van der Waals surface area contributed by atoms with E-state index < -0.39 is 17.2 Å². The van der Waals surface area contributed by atoms with Crippen molar-refractivity contribution in [3.8, 4) is 5.75 Å². The Balaban J connectivity index is 0.00000210. The summed E-state index contributed by atoms with van der Waals surface area (Å²) in [6.07, 6.45) is 1.32. The fourth-order valence-corrected chi connectivity index (χ4v) is 3.83. The number of aromatic carboxylic acids is 1. The summed E-state index contributed by atoms with van der Waals surface area (Å²) in [7, 11) is 0. The Hall–Kier alpha value is -2.32. The van der Waals surface area contributed by atoms with Crippen LogP contribution in [0.4, 0.5) is 10.1 Å². The van der Waals surface area contributed by atoms with E-state index in [1.165, 1.54) is 6.20 Å². The Labute approximate surface area is 160 Å². The maximum Gasteiger partial charge on any atom is 0.341 e. The van der Waals surface area contributed by atoms with Crippen LogP contribution in [0.25, 0.3) is 10.9 Å². The van der Waals surface area contributed by atoms with Crippen molar-refractivity contribution < 1.29 is 19.0 Å². The third-order valence-electron chi connectivity index (χ3n) is 5.36. The van der Waals surface area contributed by atoms with Crippen LogP contribution in [0.5, 0.6) is 5.75 Å². The van der Waals surface area contributed by atoms with E-state index in [0.29, 0.717) is 24.3 Å². The molecule has 3 atom stereocenters. The van der Waals surface area contributed by atoms with Crippen LogP contribution < -0.4 is 20.8 Å². The van der Waals surface area contributed by atoms with E-state index >= 15 is 0 Å². The molecule has 1 aromatic heterocycles. The summed E-state index contributed by atoms with van der Waals surface area (Å²) in [5.41, 5.74) is 5.72. The lowest BCUT2D eigenvalue weighted by Gasteiger charge is -2.31. The number of pyridine rings is 1. The highest BCUT2D eigenvalue weighted by Crippen LogP contribution is 2.43. The lowest BCUT2D eigenvalue weighted by molar-refractivity contribution is 0.0694. The minimum absolute atomic E-state index is 0. The van der Waals surface area contributed by atoms with Crippen LogP contribution in [0.2, 0.25) is 0 Å². The van der Waals surface area contributed by atoms with E-state index in [0.717, 1.165) is 6.07 Å². The zero-order valence-electron chi connectivity index (χ0n) is 14.9. The predicted molar refractivity (Wildman–Crippen MR) is 102 cm³/mol. The number of aromatic nitrogens is 1. The molecule has 27 heavy (non-hydrogen) atoms. The summed E-state index contributed by atoms with van der Waals surface area (Å²) in [6.45, 7) is 5.21. The van der Waals surface area contributed by atoms with Crippen molar-refractivity contribution in [3.63, 3.8) is 0 Å². The smallest absolute Gasteiger partial charge is 0.341 e. The normalized spacial score (nSPS) is 23.9. The number of halogens is 2. The van der Waals surface area contributed by atoms with Gasteiger partial charge in [-0.3, -0.25) is 4.79 Å². The Morgan fingerprint density at radius 1 is 1.37 bits per heavy atom. The lowest BCUT2D eigenvalue weighted by Crippen LogP contribution is -2.31. The minimum atomic E-state index is -1.33. The fraction of sp³-hybridized carbons (Fsp3) is 0.444. The molecule has 0 aliphatic carbocycles. The molecular formula is C18H21ClFN3O4. The van der Waals surface area contributed by atoms with Crippen LogP contribution in [-0.2, 0) is 0 Å². The number of nitrogens with two attached hydrogens (primary N) is 1. The van der Waals surface area contributed by atoms with Crippen LogP contribution in [0.1, 0.15) is 30.2 Å². The molecule has 7 nitrogen and oxygen atoms in total. The zero-order valence-corrected chi connectivity index (χ0v) is 15.8. The van der Waals surface area contributed by atoms with Crippen molar-refractivity contribution in [3.05, 3.63) is 33.9 Å². The molecule has 1 saturated heterocycles. The van der Waals surface area contributed by atoms with Gasteiger partial charge in [0.2, 0.25) is 5.43 Å². The highest BCUT2D eigenvalue weighted by molar-refractivity contribution is 5.97. The van der Waals surface area contributed by atoms with Crippen LogP contribution in [0.3, 0.4) is 0 Å². The number of carboxylic acids is 1. The van der Waals surface area contributed by atoms with E-state index in [1.54, 1.807) is 4.57 Å². The van der Waals surface area contributed by atoms with Crippen molar-refractivity contribution in [2.75, 3.05) is 24.6 Å². The molecule has 0 spiro atoms. The predicted octanol–water partition coefficient (Wildman–Crippen LogP) is 2.00. The van der Waals surface area contributed by atoms with Crippen molar-refractivity contribution in [1.82, 2.24) is 4.57 Å². The van der Waals surface area contributed by atoms with Gasteiger partial charge in [-0.05, 0) is 18.9 Å². The number of nitrogens with zero attached hydrogens (tertiary/aromatic N) is 2. The number of ether oxygens (including phenoxy) is 1. The van der Waals surface area contributed by atoms with Crippen LogP contribution >= 0.6 is 12.4 Å². The summed E-state index contributed by atoms with van der Waals surface area (Å²) in [4.78, 5) is 25.8. The van der Waals surface area contributed by atoms with Gasteiger partial charge in [-0.15, -0.1) is 12.4 Å². The minimum Gasteiger partial charge on any atom is -0.487 e. The molecule has 0 amide bonds. The number of carbonyl (C=O) groups is 1. The second kappa shape index (κ2) is 6.69. The first-order valence-electron chi connectivity index (χ1n) is 8.57. The van der Waals surface area contributed by atoms with Crippen molar-refractivity contribution in [1.29, 1.82) is 0 Å². The first-order valence-corrected chi connectivity index (χ1v) is 8.57. The highest BCUT2D eigenvalue weighted by Gasteiger charge is 2.34. The first kappa shape index (κ1) is 19.4. The van der Waals surface area contributed by atoms with Gasteiger partial charge >= 0.3 is 5.97 Å². The fourth-order valence-electron chi connectivity index (χ4n) is 3.83. The van der Waals surface area contributed by atoms with Crippen LogP contribution in [0, 0.1) is 11.7 Å². The number of carboxylic acid groups (broad SMARTS) is 1. The summed E-state index contributed by atoms with van der Waals surface area (Å²) < 4.78 is 22.5. The van der Waals surface area contributed by atoms with Gasteiger partial charge in [-0.25, -0.2) is 9.18 Å². The summed E-state index contributed by atoms with van der Waals surface area (Å²) in [5.74, 6) is -1.44. The molecule has 0 bridgehead atoms. The molecule has 3 N–H and O–H groups in total. The van der Waals surface area contributed by atoms with Gasteiger partial charge in [-0.2, -0.15) is 0 Å². The summed E-state index contributed by atoms with van der Waals surface area (Å²) >= 11 is 0. The standard InChI is InChI=1S/C18H20FN3O4.ClH/c1-8-4-21(6-13(8)20)15-12(19)3-10-14-17(15)26-7-9(2)22(14)5-11(16(10)23)18(24)25;/h3,5,8-9,13H,4,6-7,20H2,1-2H3,(H,24,25);1H/t8-,9-,13+;/m0./s1. The number of anilines is 1. The second-order valence-electron chi connectivity index (χ2n) is 7.22. The monoisotopic (exact) mass is 397 g/mol. The van der Waals surface area contributed by atoms with E-state index in [-0.39, 0.29) is 53.7 Å². The van der Waals surface area contributed by atoms with Gasteiger partial charge in [-0.1, -0.05) is 6.92 Å². The maximum atomic E-state index is 15.0. The van der Waals surface area contributed by atoms with E-state index in [1.807, 2.05) is 18.7 Å². The Kier molecular flexibility index (Phi) is 4.81. The van der Waals surface area contributed by atoms with Gasteiger partial charge in [0.15, 0.2) is 11.6 Å². The average molecular weight is 398 g/mol. The van der Waals surface area contributed by atoms with Gasteiger partial charge in [0.05, 0.1) is 16.9 Å². The van der Waals surface area contributed by atoms with E-state index in [4.69, 9.17) is 10.5 Å². The highest BCUT2D eigenvalue weighted by atomic mass is 35.5. The zero-order chi connectivity index (χ0) is 18.7. The van der Waals surface area contributed by atoms with Gasteiger partial charge in [0.25, 0.3) is 0 Å². The quantitative estimate of drug-likeness (QED) is 0.804. The van der Waals surface area contributed by atoms with Gasteiger partial charge < -0.3 is 25.0 Å². The van der Waals surface area contributed by atoms with Crippen molar-refractivity contribution >= 4 is 35.0 Å². The maximum absolute atomic E-state index is 15.0. The van der Waals surface area contributed by atoms with Crippen LogP contribution in [0.15, 0.2) is 17.1 Å². The average Bonchev–Trinajstić information content (AvgIpc) is 2.90. The molecular weight excluding hydrogens is 377 g/mol. The number of hydrogen-bond acceptors (Lipinski definition) is 5. The number of benzene rings is 1. The summed E-state index contributed by atoms with van der Waals surface area (Å²) in [6, 6.07) is 0.869. The Morgan fingerprint density at radius 2 is 2.07 bits per heavy atom. The third kappa shape index (κ3) is 2.83. The van der Waals surface area contributed by atoms with Crippen molar-refractivity contribution in [2.24, 2.45) is 11.7 Å². The molecule has 0 saturated carbocycles. The number of hydrogen-bond donors (Lipinski definition) is 2. The van der Waals surface area contributed by atoms with Crippen LogP contribution in [-0.4, -0.2) is 41.4 Å². The molecule has 1 aromatic carbocycles. The molecule has 1 fully saturated rings. The molecule has 3 heterocycles. The molecule has 9 heteroatoms. The number of rotatable bonds is 2. The molecule has 2 aliphatic heterocycles. The second-order valence-corrected chi connectivity index (χ2v) is 7.22. The van der Waals surface area contributed by atoms with E-state index in [9.17, 15) is 19.1 Å². The first-order chi connectivity index (χ1) is 12.3. The molecule has 2 aromatic rings. The molecule has 0 unspecified atom stereocenters.